The summed E-state index contributed by atoms with van der Waals surface area (Å²) in [4.78, 5) is 28.4. The number of carbonyl (C=O) groups excluding carboxylic acids is 2. The third-order valence-corrected chi connectivity index (χ3v) is 4.73. The molecule has 1 aromatic heterocycles. The van der Waals surface area contributed by atoms with E-state index in [0.29, 0.717) is 36.8 Å². The molecule has 1 unspecified atom stereocenters. The van der Waals surface area contributed by atoms with Gasteiger partial charge in [-0.2, -0.15) is 0 Å². The van der Waals surface area contributed by atoms with Crippen LogP contribution in [0, 0.1) is 6.92 Å². The van der Waals surface area contributed by atoms with E-state index >= 15 is 0 Å². The van der Waals surface area contributed by atoms with Gasteiger partial charge >= 0.3 is 6.03 Å². The lowest BCUT2D eigenvalue weighted by Gasteiger charge is -2.35. The highest BCUT2D eigenvalue weighted by molar-refractivity contribution is 6.30. The zero-order valence-corrected chi connectivity index (χ0v) is 15.6. The van der Waals surface area contributed by atoms with Crippen molar-refractivity contribution in [3.05, 3.63) is 58.5 Å². The number of furan rings is 1. The molecule has 3 rings (SSSR count). The van der Waals surface area contributed by atoms with Gasteiger partial charge in [-0.25, -0.2) is 4.79 Å². The minimum absolute atomic E-state index is 0.0406. The van der Waals surface area contributed by atoms with Crippen LogP contribution in [0.1, 0.15) is 34.8 Å². The lowest BCUT2D eigenvalue weighted by molar-refractivity contribution is 0.0663. The molecule has 1 N–H and O–H groups in total. The van der Waals surface area contributed by atoms with E-state index in [0.717, 1.165) is 11.5 Å². The fourth-order valence-electron chi connectivity index (χ4n) is 2.92. The molecule has 26 heavy (non-hydrogen) atoms. The Labute approximate surface area is 157 Å². The van der Waals surface area contributed by atoms with Crippen molar-refractivity contribution in [3.63, 3.8) is 0 Å². The number of nitrogens with zero attached hydrogens (tertiary/aromatic N) is 2. The monoisotopic (exact) mass is 375 g/mol. The third-order valence-electron chi connectivity index (χ3n) is 4.47. The van der Waals surface area contributed by atoms with Crippen LogP contribution in [0.2, 0.25) is 5.02 Å². The molecule has 3 amide bonds. The highest BCUT2D eigenvalue weighted by atomic mass is 35.5. The molecule has 2 heterocycles. The second-order valence-corrected chi connectivity index (χ2v) is 6.84. The van der Waals surface area contributed by atoms with Gasteiger partial charge in [-0.3, -0.25) is 4.79 Å². The fourth-order valence-corrected chi connectivity index (χ4v) is 3.05. The van der Waals surface area contributed by atoms with Crippen LogP contribution in [0.3, 0.4) is 0 Å². The van der Waals surface area contributed by atoms with Crippen molar-refractivity contribution >= 4 is 23.5 Å². The third kappa shape index (κ3) is 4.19. The van der Waals surface area contributed by atoms with Gasteiger partial charge in [0.2, 0.25) is 0 Å². The maximum atomic E-state index is 12.5. The average Bonchev–Trinajstić information content (AvgIpc) is 3.08. The Kier molecular flexibility index (Phi) is 5.52. The largest absolute Gasteiger partial charge is 0.464 e. The predicted octanol–water partition coefficient (Wildman–Crippen LogP) is 3.47. The van der Waals surface area contributed by atoms with Gasteiger partial charge in [-0.15, -0.1) is 0 Å². The van der Waals surface area contributed by atoms with E-state index in [1.54, 1.807) is 34.1 Å². The van der Waals surface area contributed by atoms with E-state index in [1.807, 2.05) is 26.0 Å². The molecule has 1 fully saturated rings. The number of hydrogen-bond acceptors (Lipinski definition) is 3. The van der Waals surface area contributed by atoms with E-state index < -0.39 is 0 Å². The van der Waals surface area contributed by atoms with Gasteiger partial charge in [0.15, 0.2) is 0 Å². The van der Waals surface area contributed by atoms with Crippen molar-refractivity contribution in [2.24, 2.45) is 0 Å². The molecule has 1 aliphatic heterocycles. The number of aryl methyl sites for hydroxylation is 1. The van der Waals surface area contributed by atoms with Crippen LogP contribution in [-0.2, 0) is 0 Å². The Hall–Kier alpha value is -2.47. The first-order valence-corrected chi connectivity index (χ1v) is 8.98. The summed E-state index contributed by atoms with van der Waals surface area (Å²) in [5.41, 5.74) is 0.606. The van der Waals surface area contributed by atoms with Gasteiger partial charge in [0.1, 0.15) is 11.5 Å². The first-order valence-electron chi connectivity index (χ1n) is 8.60. The maximum Gasteiger partial charge on any atom is 0.318 e. The van der Waals surface area contributed by atoms with E-state index in [9.17, 15) is 9.59 Å². The molecule has 0 bridgehead atoms. The Morgan fingerprint density at radius 2 is 1.65 bits per heavy atom. The van der Waals surface area contributed by atoms with Crippen LogP contribution in [0.5, 0.6) is 0 Å². The fraction of sp³-hybridized carbons (Fsp3) is 0.368. The Morgan fingerprint density at radius 1 is 1.04 bits per heavy atom. The van der Waals surface area contributed by atoms with Crippen molar-refractivity contribution in [2.75, 3.05) is 26.2 Å². The molecule has 7 heteroatoms. The first-order chi connectivity index (χ1) is 12.4. The lowest BCUT2D eigenvalue weighted by atomic mass is 10.2. The van der Waals surface area contributed by atoms with Crippen LogP contribution in [0.25, 0.3) is 0 Å². The summed E-state index contributed by atoms with van der Waals surface area (Å²) in [5, 5.41) is 3.54. The van der Waals surface area contributed by atoms with Gasteiger partial charge in [0, 0.05) is 36.8 Å². The topological polar surface area (TPSA) is 65.8 Å². The second-order valence-electron chi connectivity index (χ2n) is 6.41. The van der Waals surface area contributed by atoms with Crippen LogP contribution in [-0.4, -0.2) is 47.9 Å². The van der Waals surface area contributed by atoms with Crippen molar-refractivity contribution in [3.8, 4) is 0 Å². The molecule has 0 aliphatic carbocycles. The standard InChI is InChI=1S/C19H22ClN3O3/c1-13-3-8-17(26-13)14(2)21-19(25)23-11-9-22(10-12-23)18(24)15-4-6-16(20)7-5-15/h3-8,14H,9-12H2,1-2H3,(H,21,25). The van der Waals surface area contributed by atoms with E-state index in [1.165, 1.54) is 0 Å². The van der Waals surface area contributed by atoms with E-state index in [2.05, 4.69) is 5.32 Å². The minimum Gasteiger partial charge on any atom is -0.464 e. The summed E-state index contributed by atoms with van der Waals surface area (Å²) >= 11 is 5.86. The summed E-state index contributed by atoms with van der Waals surface area (Å²) < 4.78 is 5.54. The Morgan fingerprint density at radius 3 is 2.23 bits per heavy atom. The zero-order valence-electron chi connectivity index (χ0n) is 14.9. The molecule has 0 saturated carbocycles. The number of halogens is 1. The molecule has 6 nitrogen and oxygen atoms in total. The Balaban J connectivity index is 1.52. The van der Waals surface area contributed by atoms with E-state index in [-0.39, 0.29) is 18.0 Å². The highest BCUT2D eigenvalue weighted by Gasteiger charge is 2.26. The number of urea groups is 1. The van der Waals surface area contributed by atoms with Crippen molar-refractivity contribution < 1.29 is 14.0 Å². The number of amides is 3. The van der Waals surface area contributed by atoms with E-state index in [4.69, 9.17) is 16.0 Å². The maximum absolute atomic E-state index is 12.5. The molecule has 2 aromatic rings. The number of carbonyl (C=O) groups is 2. The zero-order chi connectivity index (χ0) is 18.7. The number of benzene rings is 1. The summed E-state index contributed by atoms with van der Waals surface area (Å²) in [6.45, 7) is 5.75. The smallest absolute Gasteiger partial charge is 0.318 e. The van der Waals surface area contributed by atoms with Gasteiger partial charge in [-0.05, 0) is 50.2 Å². The van der Waals surface area contributed by atoms with Crippen molar-refractivity contribution in [1.29, 1.82) is 0 Å². The van der Waals surface area contributed by atoms with Crippen LogP contribution in [0.15, 0.2) is 40.8 Å². The second kappa shape index (κ2) is 7.83. The predicted molar refractivity (Wildman–Crippen MR) is 99.3 cm³/mol. The van der Waals surface area contributed by atoms with Gasteiger partial charge in [0.05, 0.1) is 6.04 Å². The van der Waals surface area contributed by atoms with Gasteiger partial charge < -0.3 is 19.5 Å². The first kappa shape index (κ1) is 18.3. The molecular formula is C19H22ClN3O3. The number of nitrogens with one attached hydrogen (secondary N) is 1. The van der Waals surface area contributed by atoms with Gasteiger partial charge in [-0.1, -0.05) is 11.6 Å². The molecular weight excluding hydrogens is 354 g/mol. The molecule has 1 atom stereocenters. The molecule has 0 radical (unpaired) electrons. The van der Waals surface area contributed by atoms with Crippen molar-refractivity contribution in [2.45, 2.75) is 19.9 Å². The minimum atomic E-state index is -0.204. The summed E-state index contributed by atoms with van der Waals surface area (Å²) in [6.07, 6.45) is 0. The van der Waals surface area contributed by atoms with Crippen molar-refractivity contribution in [1.82, 2.24) is 15.1 Å². The number of piperazine rings is 1. The molecule has 0 spiro atoms. The highest BCUT2D eigenvalue weighted by Crippen LogP contribution is 2.17. The SMILES string of the molecule is Cc1ccc(C(C)NC(=O)N2CCN(C(=O)c3ccc(Cl)cc3)CC2)o1. The molecule has 1 aliphatic rings. The molecule has 1 aromatic carbocycles. The quantitative estimate of drug-likeness (QED) is 0.893. The average molecular weight is 376 g/mol. The molecule has 138 valence electrons. The van der Waals surface area contributed by atoms with Crippen LogP contribution in [0.4, 0.5) is 4.79 Å². The Bertz CT molecular complexity index is 780. The van der Waals surface area contributed by atoms with Crippen LogP contribution >= 0.6 is 11.6 Å². The van der Waals surface area contributed by atoms with Gasteiger partial charge in [0.25, 0.3) is 5.91 Å². The summed E-state index contributed by atoms with van der Waals surface area (Å²) in [7, 11) is 0. The number of hydrogen-bond donors (Lipinski definition) is 1. The number of rotatable bonds is 3. The van der Waals surface area contributed by atoms with Crippen LogP contribution < -0.4 is 5.32 Å². The summed E-state index contributed by atoms with van der Waals surface area (Å²) in [5.74, 6) is 1.50. The lowest BCUT2D eigenvalue weighted by Crippen LogP contribution is -2.53. The summed E-state index contributed by atoms with van der Waals surface area (Å²) in [6, 6.07) is 10.2. The normalized spacial score (nSPS) is 15.7. The molecule has 1 saturated heterocycles.